The average molecular weight is 1340 g/mol. The first kappa shape index (κ1) is 82.8. The van der Waals surface area contributed by atoms with Gasteiger partial charge in [0, 0.05) is 76.9 Å². The number of unbranched alkanes of at least 4 members (excludes halogenated alkanes) is 9. The minimum absolute atomic E-state index is 0.112. The summed E-state index contributed by atoms with van der Waals surface area (Å²) in [5, 5.41) is 85.1. The maximum Gasteiger partial charge on any atom is 0.407 e. The molecule has 542 valence electrons. The van der Waals surface area contributed by atoms with Crippen LogP contribution in [0.15, 0.2) is 0 Å². The third-order valence-corrected chi connectivity index (χ3v) is 16.2. The van der Waals surface area contributed by atoms with Gasteiger partial charge in [-0.05, 0) is 96.3 Å². The quantitative estimate of drug-likeness (QED) is 0.0256. The molecule has 0 spiro atoms. The molecule has 3 aliphatic heterocycles. The van der Waals surface area contributed by atoms with E-state index in [-0.39, 0.29) is 103 Å². The Morgan fingerprint density at radius 2 is 0.699 bits per heavy atom. The molecule has 93 heavy (non-hydrogen) atoms. The number of carbonyl (C=O) groups is 6. The van der Waals surface area contributed by atoms with Crippen LogP contribution in [0.1, 0.15) is 167 Å². The molecule has 0 saturated carbocycles. The van der Waals surface area contributed by atoms with Gasteiger partial charge in [-0.3, -0.25) is 14.4 Å². The van der Waals surface area contributed by atoms with Crippen LogP contribution in [0.4, 0.5) is 14.4 Å². The van der Waals surface area contributed by atoms with Crippen molar-refractivity contribution in [3.05, 3.63) is 0 Å². The molecule has 3 rings (SSSR count). The smallest absolute Gasteiger partial charge is 0.407 e. The number of rotatable bonds is 51. The Balaban J connectivity index is 1.26. The van der Waals surface area contributed by atoms with E-state index in [4.69, 9.17) is 65.6 Å². The predicted octanol–water partition coefficient (Wildman–Crippen LogP) is -1.02. The molecular formula is C61H116N10O22. The van der Waals surface area contributed by atoms with Gasteiger partial charge in [0.15, 0.2) is 18.9 Å². The molecule has 32 heteroatoms. The molecule has 0 bridgehead atoms. The molecule has 6 amide bonds. The molecule has 0 aromatic heterocycles. The molecule has 3 saturated heterocycles. The number of alkyl carbamates (subject to hydrolysis) is 3. The topological polar surface area (TPSA) is 503 Å². The van der Waals surface area contributed by atoms with Gasteiger partial charge in [0.2, 0.25) is 17.7 Å². The Bertz CT molecular complexity index is 1940. The van der Waals surface area contributed by atoms with Gasteiger partial charge in [-0.1, -0.05) is 38.5 Å². The van der Waals surface area contributed by atoms with E-state index in [1.54, 1.807) is 0 Å². The number of amides is 6. The molecular weight excluding hydrogens is 1220 g/mol. The van der Waals surface area contributed by atoms with Crippen molar-refractivity contribution in [2.24, 2.45) is 22.9 Å². The van der Waals surface area contributed by atoms with Gasteiger partial charge in [0.1, 0.15) is 18.3 Å². The fourth-order valence-electron chi connectivity index (χ4n) is 10.6. The zero-order valence-corrected chi connectivity index (χ0v) is 54.6. The first-order valence-electron chi connectivity index (χ1n) is 33.7. The van der Waals surface area contributed by atoms with Crippen LogP contribution in [-0.4, -0.2) is 256 Å². The Morgan fingerprint density at radius 3 is 1.01 bits per heavy atom. The van der Waals surface area contributed by atoms with Crippen molar-refractivity contribution in [1.29, 1.82) is 0 Å². The molecule has 0 radical (unpaired) electrons. The lowest BCUT2D eigenvalue weighted by molar-refractivity contribution is -0.265. The third-order valence-electron chi connectivity index (χ3n) is 16.2. The second-order valence-corrected chi connectivity index (χ2v) is 24.2. The average Bonchev–Trinajstić information content (AvgIpc) is 1.30. The summed E-state index contributed by atoms with van der Waals surface area (Å²) in [4.78, 5) is 74.4. The van der Waals surface area contributed by atoms with Crippen molar-refractivity contribution in [2.75, 3.05) is 98.7 Å². The molecule has 3 aliphatic rings. The number of nitrogens with one attached hydrogen (secondary N) is 6. The van der Waals surface area contributed by atoms with Crippen LogP contribution >= 0.6 is 0 Å². The molecule has 13 atom stereocenters. The van der Waals surface area contributed by atoms with E-state index >= 15 is 0 Å². The summed E-state index contributed by atoms with van der Waals surface area (Å²) < 4.78 is 49.6. The normalized spacial score (nSPS) is 25.3. The summed E-state index contributed by atoms with van der Waals surface area (Å²) >= 11 is 0. The minimum Gasteiger partial charge on any atom is -0.450 e. The highest BCUT2D eigenvalue weighted by molar-refractivity contribution is 5.76. The van der Waals surface area contributed by atoms with E-state index in [1.165, 1.54) is 0 Å². The van der Waals surface area contributed by atoms with Gasteiger partial charge >= 0.3 is 18.3 Å². The van der Waals surface area contributed by atoms with Gasteiger partial charge in [0.05, 0.1) is 102 Å². The van der Waals surface area contributed by atoms with Crippen LogP contribution in [0, 0.1) is 0 Å². The Kier molecular flexibility index (Phi) is 44.5. The zero-order chi connectivity index (χ0) is 68.1. The molecule has 3 heterocycles. The summed E-state index contributed by atoms with van der Waals surface area (Å²) in [6.07, 6.45) is 3.79. The first-order valence-corrected chi connectivity index (χ1v) is 33.7. The molecule has 3 fully saturated rings. The maximum absolute atomic E-state index is 12.5. The van der Waals surface area contributed by atoms with E-state index in [0.29, 0.717) is 103 Å². The van der Waals surface area contributed by atoms with Crippen molar-refractivity contribution in [3.63, 3.8) is 0 Å². The van der Waals surface area contributed by atoms with E-state index in [2.05, 4.69) is 31.9 Å². The molecule has 21 N–H and O–H groups in total. The van der Waals surface area contributed by atoms with E-state index in [0.717, 1.165) is 70.6 Å². The molecule has 0 aliphatic carbocycles. The van der Waals surface area contributed by atoms with Crippen molar-refractivity contribution in [3.8, 4) is 0 Å². The highest BCUT2D eigenvalue weighted by Gasteiger charge is 2.43. The van der Waals surface area contributed by atoms with Crippen LogP contribution in [-0.2, 0) is 57.0 Å². The van der Waals surface area contributed by atoms with Crippen molar-refractivity contribution in [1.82, 2.24) is 31.9 Å². The Hall–Kier alpha value is -4.46. The van der Waals surface area contributed by atoms with Crippen LogP contribution in [0.3, 0.4) is 0 Å². The number of ether oxygens (including phenoxy) is 9. The highest BCUT2D eigenvalue weighted by atomic mass is 16.7. The molecule has 0 aromatic rings. The maximum atomic E-state index is 12.5. The summed E-state index contributed by atoms with van der Waals surface area (Å²) in [6.45, 7) is 2.65. The van der Waals surface area contributed by atoms with Crippen molar-refractivity contribution >= 4 is 36.0 Å². The Morgan fingerprint density at radius 1 is 0.387 bits per heavy atom. The summed E-state index contributed by atoms with van der Waals surface area (Å²) in [5.41, 5.74) is 23.9. The lowest BCUT2D eigenvalue weighted by Crippen LogP contribution is -2.62. The van der Waals surface area contributed by atoms with Crippen LogP contribution in [0.25, 0.3) is 0 Å². The number of carbonyl (C=O) groups excluding carboxylic acids is 6. The van der Waals surface area contributed by atoms with Crippen LogP contribution in [0.5, 0.6) is 0 Å². The van der Waals surface area contributed by atoms with Crippen LogP contribution in [0.2, 0.25) is 0 Å². The van der Waals surface area contributed by atoms with E-state index in [9.17, 15) is 64.5 Å². The third kappa shape index (κ3) is 37.0. The van der Waals surface area contributed by atoms with Gasteiger partial charge in [0.25, 0.3) is 0 Å². The monoisotopic (exact) mass is 1340 g/mol. The summed E-state index contributed by atoms with van der Waals surface area (Å²) in [5.74, 6) is -0.375. The number of aliphatic hydroxyl groups is 7. The van der Waals surface area contributed by atoms with Gasteiger partial charge in [-0.2, -0.15) is 0 Å². The second-order valence-electron chi connectivity index (χ2n) is 24.2. The second kappa shape index (κ2) is 50.0. The lowest BCUT2D eigenvalue weighted by atomic mass is 9.85. The van der Waals surface area contributed by atoms with E-state index < -0.39 is 110 Å². The lowest BCUT2D eigenvalue weighted by Gasteiger charge is -2.40. The SMILES string of the molecule is NC1C(O)CC(CO)OC1OCCCC(=O)NCCCCCCNC(=O)OCCCC(N)(CCCOC(=O)NCCCCCCNC(=O)CCCOC1OC(CO)CC(O)C1N)CCCOC(=O)NCCCCCCNC(=O)CCCOC1OC(CO)C(O)C(O)C1N. The standard InChI is InChI=1S/C61H116N10O22/c62-50-44(75)37-42(39-72)91-55(50)85-31-13-19-47(77)66-25-7-1-4-10-28-69-58(82)88-34-16-22-61(65,23-17-35-89-59(83)70-29-11-5-2-8-26-67-48(78)20-14-32-86-56-51(63)45(76)38-43(40-73)92-56)24-18-36-90-60(84)71-30-12-6-3-9-27-68-49(79)21-15-33-87-57-52(64)54(81)53(80)46(41-74)93-57/h42-46,50-57,72-76,80-81H,1-41,62-65H2,(H,66,77)(H,67,78)(H,68,79)(H,69,82)(H,70,83)(H,71,84). The fourth-order valence-corrected chi connectivity index (χ4v) is 10.6. The number of nitrogens with two attached hydrogens (primary N) is 4. The van der Waals surface area contributed by atoms with E-state index in [1.807, 2.05) is 0 Å². The molecule has 13 unspecified atom stereocenters. The molecule has 32 nitrogen and oxygen atoms in total. The Labute approximate surface area is 547 Å². The van der Waals surface area contributed by atoms with Crippen molar-refractivity contribution < 1.29 is 107 Å². The van der Waals surface area contributed by atoms with Gasteiger partial charge < -0.3 is 133 Å². The van der Waals surface area contributed by atoms with Crippen LogP contribution < -0.4 is 54.8 Å². The number of hydrogen-bond donors (Lipinski definition) is 17. The van der Waals surface area contributed by atoms with Gasteiger partial charge in [-0.15, -0.1) is 0 Å². The first-order chi connectivity index (χ1) is 44.8. The van der Waals surface area contributed by atoms with Crippen molar-refractivity contribution in [2.45, 2.75) is 252 Å². The molecule has 0 aromatic carbocycles. The highest BCUT2D eigenvalue weighted by Crippen LogP contribution is 2.25. The number of hydrogen-bond acceptors (Lipinski definition) is 26. The zero-order valence-electron chi connectivity index (χ0n) is 54.6. The summed E-state index contributed by atoms with van der Waals surface area (Å²) in [7, 11) is 0. The van der Waals surface area contributed by atoms with Gasteiger partial charge in [-0.25, -0.2) is 14.4 Å². The predicted molar refractivity (Wildman–Crippen MR) is 337 cm³/mol. The number of aliphatic hydroxyl groups excluding tert-OH is 7. The fraction of sp³-hybridized carbons (Fsp3) is 0.902. The minimum atomic E-state index is -1.33. The largest absolute Gasteiger partial charge is 0.450 e. The summed E-state index contributed by atoms with van der Waals surface area (Å²) in [6, 6.07) is -2.48.